The van der Waals surface area contributed by atoms with Gasteiger partial charge in [0.1, 0.15) is 0 Å². The third-order valence-electron chi connectivity index (χ3n) is 4.62. The third-order valence-corrected chi connectivity index (χ3v) is 4.62. The molecule has 0 saturated carbocycles. The van der Waals surface area contributed by atoms with Crippen molar-refractivity contribution in [3.63, 3.8) is 0 Å². The molecule has 20 heavy (non-hydrogen) atoms. The highest BCUT2D eigenvalue weighted by atomic mass is 16.4. The van der Waals surface area contributed by atoms with Crippen LogP contribution in [0.15, 0.2) is 0 Å². The van der Waals surface area contributed by atoms with E-state index in [-0.39, 0.29) is 12.1 Å². The van der Waals surface area contributed by atoms with E-state index in [1.807, 2.05) is 4.90 Å². The summed E-state index contributed by atoms with van der Waals surface area (Å²) >= 11 is 0. The second kappa shape index (κ2) is 6.43. The number of carbonyl (C=O) groups excluding carboxylic acids is 1. The van der Waals surface area contributed by atoms with Crippen molar-refractivity contribution in [2.75, 3.05) is 26.2 Å². The number of nitrogens with zero attached hydrogens (tertiary/aromatic N) is 2. The Bertz CT molecular complexity index is 375. The molecule has 2 N–H and O–H groups in total. The summed E-state index contributed by atoms with van der Waals surface area (Å²) in [6.07, 6.45) is 3.66. The minimum Gasteiger partial charge on any atom is -0.481 e. The Morgan fingerprint density at radius 2 is 1.95 bits per heavy atom. The van der Waals surface area contributed by atoms with Crippen LogP contribution in [0, 0.1) is 5.92 Å². The number of fused-ring (bicyclic) bond motifs is 1. The first-order valence-corrected chi connectivity index (χ1v) is 7.51. The van der Waals surface area contributed by atoms with Gasteiger partial charge in [-0.25, -0.2) is 4.79 Å². The average molecular weight is 283 g/mol. The van der Waals surface area contributed by atoms with Gasteiger partial charge in [0, 0.05) is 31.7 Å². The monoisotopic (exact) mass is 283 g/mol. The van der Waals surface area contributed by atoms with Gasteiger partial charge in [0.15, 0.2) is 0 Å². The number of rotatable bonds is 3. The van der Waals surface area contributed by atoms with Crippen molar-refractivity contribution in [2.24, 2.45) is 5.92 Å². The van der Waals surface area contributed by atoms with Crippen LogP contribution in [0.1, 0.15) is 33.1 Å². The smallest absolute Gasteiger partial charge is 0.317 e. The minimum absolute atomic E-state index is 0.129. The Morgan fingerprint density at radius 1 is 1.20 bits per heavy atom. The molecular formula is C14H25N3O3. The second-order valence-corrected chi connectivity index (χ2v) is 6.00. The molecule has 2 aliphatic heterocycles. The average Bonchev–Trinajstić information content (AvgIpc) is 2.45. The molecule has 2 rings (SSSR count). The summed E-state index contributed by atoms with van der Waals surface area (Å²) in [5, 5.41) is 11.8. The maximum Gasteiger partial charge on any atom is 0.317 e. The van der Waals surface area contributed by atoms with Crippen molar-refractivity contribution in [3.8, 4) is 0 Å². The molecule has 0 bridgehead atoms. The summed E-state index contributed by atoms with van der Waals surface area (Å²) in [4.78, 5) is 27.4. The van der Waals surface area contributed by atoms with Gasteiger partial charge in [0.05, 0.1) is 5.92 Å². The number of amides is 2. The number of nitrogens with one attached hydrogen (secondary N) is 1. The van der Waals surface area contributed by atoms with E-state index in [4.69, 9.17) is 5.11 Å². The van der Waals surface area contributed by atoms with E-state index >= 15 is 0 Å². The molecule has 0 aromatic carbocycles. The van der Waals surface area contributed by atoms with Crippen molar-refractivity contribution >= 4 is 12.0 Å². The number of hydrogen-bond donors (Lipinski definition) is 2. The topological polar surface area (TPSA) is 72.9 Å². The predicted molar refractivity (Wildman–Crippen MR) is 75.6 cm³/mol. The molecule has 2 aliphatic rings. The summed E-state index contributed by atoms with van der Waals surface area (Å²) in [6.45, 7) is 6.93. The van der Waals surface area contributed by atoms with E-state index in [1.54, 1.807) is 13.8 Å². The fourth-order valence-electron chi connectivity index (χ4n) is 2.97. The first-order valence-electron chi connectivity index (χ1n) is 7.51. The lowest BCUT2D eigenvalue weighted by molar-refractivity contribution is -0.141. The number of piperazine rings is 1. The summed E-state index contributed by atoms with van der Waals surface area (Å²) in [5.41, 5.74) is 0. The summed E-state index contributed by atoms with van der Waals surface area (Å²) in [7, 11) is 0. The number of carboxylic acid groups (broad SMARTS) is 1. The van der Waals surface area contributed by atoms with E-state index in [0.29, 0.717) is 6.04 Å². The minimum atomic E-state index is -0.880. The Hall–Kier alpha value is -1.30. The molecular weight excluding hydrogens is 258 g/mol. The lowest BCUT2D eigenvalue weighted by atomic mass is 9.99. The molecule has 0 aliphatic carbocycles. The molecule has 0 radical (unpaired) electrons. The van der Waals surface area contributed by atoms with Gasteiger partial charge < -0.3 is 15.3 Å². The zero-order valence-corrected chi connectivity index (χ0v) is 12.3. The van der Waals surface area contributed by atoms with Gasteiger partial charge in [-0.05, 0) is 33.2 Å². The van der Waals surface area contributed by atoms with Crippen LogP contribution in [0.5, 0.6) is 0 Å². The van der Waals surface area contributed by atoms with E-state index < -0.39 is 11.9 Å². The lowest BCUT2D eigenvalue weighted by Gasteiger charge is -2.44. The number of urea groups is 1. The number of carboxylic acids is 1. The Kier molecular flexibility index (Phi) is 4.86. The highest BCUT2D eigenvalue weighted by Crippen LogP contribution is 2.21. The maximum atomic E-state index is 12.2. The van der Waals surface area contributed by atoms with E-state index in [1.165, 1.54) is 12.8 Å². The number of carbonyl (C=O) groups is 2. The molecule has 3 atom stereocenters. The van der Waals surface area contributed by atoms with Crippen molar-refractivity contribution in [3.05, 3.63) is 0 Å². The molecule has 3 unspecified atom stereocenters. The molecule has 6 nitrogen and oxygen atoms in total. The Morgan fingerprint density at radius 3 is 2.65 bits per heavy atom. The SMILES string of the molecule is CC(NC(=O)N1CCN2CCCCC2C1)C(C)C(=O)O. The Balaban J connectivity index is 1.85. The van der Waals surface area contributed by atoms with Crippen LogP contribution in [0.4, 0.5) is 4.79 Å². The zero-order valence-electron chi connectivity index (χ0n) is 12.3. The lowest BCUT2D eigenvalue weighted by Crippen LogP contribution is -2.59. The van der Waals surface area contributed by atoms with Crippen LogP contribution in [-0.2, 0) is 4.79 Å². The molecule has 0 aromatic rings. The molecule has 0 spiro atoms. The van der Waals surface area contributed by atoms with E-state index in [9.17, 15) is 9.59 Å². The largest absolute Gasteiger partial charge is 0.481 e. The van der Waals surface area contributed by atoms with Crippen LogP contribution in [-0.4, -0.2) is 65.2 Å². The van der Waals surface area contributed by atoms with Gasteiger partial charge in [-0.2, -0.15) is 0 Å². The summed E-state index contributed by atoms with van der Waals surface area (Å²) < 4.78 is 0. The Labute approximate surface area is 120 Å². The summed E-state index contributed by atoms with van der Waals surface area (Å²) in [6, 6.07) is -0.00402. The van der Waals surface area contributed by atoms with Crippen molar-refractivity contribution < 1.29 is 14.7 Å². The van der Waals surface area contributed by atoms with Crippen molar-refractivity contribution in [2.45, 2.75) is 45.2 Å². The fourth-order valence-corrected chi connectivity index (χ4v) is 2.97. The highest BCUT2D eigenvalue weighted by Gasteiger charge is 2.32. The first kappa shape index (κ1) is 15.1. The van der Waals surface area contributed by atoms with Crippen LogP contribution in [0.2, 0.25) is 0 Å². The van der Waals surface area contributed by atoms with Crippen molar-refractivity contribution in [1.82, 2.24) is 15.1 Å². The van der Waals surface area contributed by atoms with Gasteiger partial charge >= 0.3 is 12.0 Å². The molecule has 2 fully saturated rings. The van der Waals surface area contributed by atoms with Crippen molar-refractivity contribution in [1.29, 1.82) is 0 Å². The van der Waals surface area contributed by atoms with Crippen LogP contribution >= 0.6 is 0 Å². The van der Waals surface area contributed by atoms with Crippen LogP contribution < -0.4 is 5.32 Å². The number of aliphatic carboxylic acids is 1. The number of piperidine rings is 1. The normalized spacial score (nSPS) is 26.5. The van der Waals surface area contributed by atoms with Crippen LogP contribution in [0.3, 0.4) is 0 Å². The molecule has 0 aromatic heterocycles. The standard InChI is InChI=1S/C14H25N3O3/c1-10(13(18)19)11(2)15-14(20)17-8-7-16-6-4-3-5-12(16)9-17/h10-12H,3-9H2,1-2H3,(H,15,20)(H,18,19). The first-order chi connectivity index (χ1) is 9.49. The van der Waals surface area contributed by atoms with E-state index in [2.05, 4.69) is 10.2 Å². The summed E-state index contributed by atoms with van der Waals surface area (Å²) in [5.74, 6) is -1.45. The van der Waals surface area contributed by atoms with Gasteiger partial charge in [0.25, 0.3) is 0 Å². The number of hydrogen-bond acceptors (Lipinski definition) is 3. The highest BCUT2D eigenvalue weighted by molar-refractivity contribution is 5.76. The second-order valence-electron chi connectivity index (χ2n) is 6.00. The molecule has 2 amide bonds. The third kappa shape index (κ3) is 3.42. The van der Waals surface area contributed by atoms with Gasteiger partial charge in [-0.1, -0.05) is 6.42 Å². The molecule has 2 heterocycles. The predicted octanol–water partition coefficient (Wildman–Crippen LogP) is 0.975. The van der Waals surface area contributed by atoms with Gasteiger partial charge in [-0.3, -0.25) is 9.69 Å². The molecule has 2 saturated heterocycles. The van der Waals surface area contributed by atoms with E-state index in [0.717, 1.165) is 32.6 Å². The maximum absolute atomic E-state index is 12.2. The van der Waals surface area contributed by atoms with Gasteiger partial charge in [0.2, 0.25) is 0 Å². The van der Waals surface area contributed by atoms with Crippen LogP contribution in [0.25, 0.3) is 0 Å². The molecule has 114 valence electrons. The zero-order chi connectivity index (χ0) is 14.7. The van der Waals surface area contributed by atoms with Gasteiger partial charge in [-0.15, -0.1) is 0 Å². The molecule has 6 heteroatoms. The quantitative estimate of drug-likeness (QED) is 0.809. The fraction of sp³-hybridized carbons (Fsp3) is 0.857.